The second-order valence-corrected chi connectivity index (χ2v) is 5.92. The molecule has 1 amide bonds. The van der Waals surface area contributed by atoms with Crippen molar-refractivity contribution >= 4 is 23.5 Å². The lowest BCUT2D eigenvalue weighted by atomic mass is 10.2. The number of methoxy groups -OCH3 is 1. The molecule has 0 saturated heterocycles. The first-order chi connectivity index (χ1) is 13.0. The topological polar surface area (TPSA) is 94.1 Å². The zero-order valence-electron chi connectivity index (χ0n) is 14.7. The molecule has 0 spiro atoms. The average Bonchev–Trinajstić information content (AvgIpc) is 2.66. The maximum absolute atomic E-state index is 12.1. The quantitative estimate of drug-likeness (QED) is 0.603. The maximum Gasteiger partial charge on any atom is 0.329 e. The Kier molecular flexibility index (Phi) is 7.91. The molecule has 0 fully saturated rings. The van der Waals surface area contributed by atoms with Gasteiger partial charge in [0.1, 0.15) is 13.2 Å². The van der Waals surface area contributed by atoms with Gasteiger partial charge >= 0.3 is 5.97 Å². The van der Waals surface area contributed by atoms with Crippen LogP contribution >= 0.6 is 11.6 Å². The Morgan fingerprint density at radius 3 is 2.52 bits per heavy atom. The number of hydrogen-bond acceptors (Lipinski definition) is 5. The van der Waals surface area contributed by atoms with Gasteiger partial charge in [0.25, 0.3) is 5.91 Å². The van der Waals surface area contributed by atoms with Crippen LogP contribution in [0.25, 0.3) is 0 Å². The molecule has 0 aliphatic carbocycles. The Morgan fingerprint density at radius 2 is 1.85 bits per heavy atom. The van der Waals surface area contributed by atoms with Gasteiger partial charge in [-0.2, -0.15) is 0 Å². The summed E-state index contributed by atoms with van der Waals surface area (Å²) in [5, 5.41) is 11.8. The molecule has 7 nitrogen and oxygen atoms in total. The number of carbonyl (C=O) groups is 2. The molecule has 27 heavy (non-hydrogen) atoms. The molecule has 0 bridgehead atoms. The lowest BCUT2D eigenvalue weighted by Gasteiger charge is -2.12. The molecular formula is C19H20ClNO6. The van der Waals surface area contributed by atoms with Gasteiger partial charge in [-0.05, 0) is 35.9 Å². The van der Waals surface area contributed by atoms with Crippen LogP contribution in [0, 0.1) is 0 Å². The Hall–Kier alpha value is -2.77. The van der Waals surface area contributed by atoms with E-state index in [1.165, 1.54) is 7.11 Å². The second kappa shape index (κ2) is 10.4. The zero-order valence-corrected chi connectivity index (χ0v) is 15.5. The SMILES string of the molecule is COc1cc(C(=O)NCCOCC(=O)O)ccc1OCc1ccc(Cl)cc1. The third kappa shape index (κ3) is 6.80. The van der Waals surface area contributed by atoms with Crippen LogP contribution in [0.1, 0.15) is 15.9 Å². The van der Waals surface area contributed by atoms with Crippen LogP contribution < -0.4 is 14.8 Å². The number of halogens is 1. The third-order valence-electron chi connectivity index (χ3n) is 3.49. The van der Waals surface area contributed by atoms with Crippen molar-refractivity contribution in [3.05, 3.63) is 58.6 Å². The van der Waals surface area contributed by atoms with Gasteiger partial charge in [-0.3, -0.25) is 4.79 Å². The minimum atomic E-state index is -1.06. The fourth-order valence-electron chi connectivity index (χ4n) is 2.17. The largest absolute Gasteiger partial charge is 0.493 e. The zero-order chi connectivity index (χ0) is 19.6. The first kappa shape index (κ1) is 20.5. The smallest absolute Gasteiger partial charge is 0.329 e. The highest BCUT2D eigenvalue weighted by atomic mass is 35.5. The highest BCUT2D eigenvalue weighted by molar-refractivity contribution is 6.30. The van der Waals surface area contributed by atoms with Crippen LogP contribution in [-0.2, 0) is 16.1 Å². The van der Waals surface area contributed by atoms with Crippen LogP contribution in [-0.4, -0.2) is 43.9 Å². The minimum absolute atomic E-state index is 0.109. The summed E-state index contributed by atoms with van der Waals surface area (Å²) in [6, 6.07) is 12.1. The van der Waals surface area contributed by atoms with Crippen molar-refractivity contribution in [1.29, 1.82) is 0 Å². The molecule has 0 radical (unpaired) electrons. The maximum atomic E-state index is 12.1. The van der Waals surface area contributed by atoms with Crippen molar-refractivity contribution < 1.29 is 28.9 Å². The van der Waals surface area contributed by atoms with Crippen LogP contribution in [0.15, 0.2) is 42.5 Å². The number of rotatable bonds is 10. The van der Waals surface area contributed by atoms with E-state index in [1.807, 2.05) is 12.1 Å². The van der Waals surface area contributed by atoms with Crippen LogP contribution in [0.4, 0.5) is 0 Å². The van der Waals surface area contributed by atoms with E-state index in [0.29, 0.717) is 28.7 Å². The van der Waals surface area contributed by atoms with Crippen molar-refractivity contribution in [2.45, 2.75) is 6.61 Å². The number of hydrogen-bond donors (Lipinski definition) is 2. The molecule has 0 saturated carbocycles. The van der Waals surface area contributed by atoms with Gasteiger partial charge < -0.3 is 24.6 Å². The molecule has 0 aromatic heterocycles. The normalized spacial score (nSPS) is 10.3. The van der Waals surface area contributed by atoms with E-state index in [9.17, 15) is 9.59 Å². The Morgan fingerprint density at radius 1 is 1.11 bits per heavy atom. The molecule has 2 rings (SSSR count). The number of benzene rings is 2. The third-order valence-corrected chi connectivity index (χ3v) is 3.74. The summed E-state index contributed by atoms with van der Waals surface area (Å²) in [5.41, 5.74) is 1.34. The van der Waals surface area contributed by atoms with Gasteiger partial charge in [-0.1, -0.05) is 23.7 Å². The molecular weight excluding hydrogens is 374 g/mol. The summed E-state index contributed by atoms with van der Waals surface area (Å²) >= 11 is 5.86. The Bertz CT molecular complexity index is 778. The monoisotopic (exact) mass is 393 g/mol. The number of carbonyl (C=O) groups excluding carboxylic acids is 1. The van der Waals surface area contributed by atoms with Crippen LogP contribution in [0.3, 0.4) is 0 Å². The predicted molar refractivity (Wildman–Crippen MR) is 99.6 cm³/mol. The van der Waals surface area contributed by atoms with Crippen molar-refractivity contribution in [2.24, 2.45) is 0 Å². The highest BCUT2D eigenvalue weighted by Crippen LogP contribution is 2.29. The molecule has 2 aromatic rings. The molecule has 0 aliphatic heterocycles. The highest BCUT2D eigenvalue weighted by Gasteiger charge is 2.11. The first-order valence-corrected chi connectivity index (χ1v) is 8.50. The molecule has 2 N–H and O–H groups in total. The Labute approximate surface area is 161 Å². The van der Waals surface area contributed by atoms with Gasteiger partial charge in [0, 0.05) is 17.1 Å². The van der Waals surface area contributed by atoms with E-state index < -0.39 is 12.6 Å². The Balaban J connectivity index is 1.91. The number of carboxylic acid groups (broad SMARTS) is 1. The predicted octanol–water partition coefficient (Wildman–Crippen LogP) is 2.76. The molecule has 0 aliphatic rings. The fraction of sp³-hybridized carbons (Fsp3) is 0.263. The van der Waals surface area contributed by atoms with Gasteiger partial charge in [0.15, 0.2) is 11.5 Å². The van der Waals surface area contributed by atoms with E-state index in [2.05, 4.69) is 5.32 Å². The molecule has 8 heteroatoms. The lowest BCUT2D eigenvalue weighted by molar-refractivity contribution is -0.142. The summed E-state index contributed by atoms with van der Waals surface area (Å²) in [6.07, 6.45) is 0. The number of nitrogens with one attached hydrogen (secondary N) is 1. The molecule has 0 heterocycles. The van der Waals surface area contributed by atoms with Crippen molar-refractivity contribution in [3.8, 4) is 11.5 Å². The summed E-state index contributed by atoms with van der Waals surface area (Å²) in [7, 11) is 1.49. The van der Waals surface area contributed by atoms with Crippen LogP contribution in [0.2, 0.25) is 5.02 Å². The lowest BCUT2D eigenvalue weighted by Crippen LogP contribution is -2.27. The van der Waals surface area contributed by atoms with Crippen molar-refractivity contribution in [3.63, 3.8) is 0 Å². The standard InChI is InChI=1S/C19H20ClNO6/c1-25-17-10-14(19(24)21-8-9-26-12-18(22)23)4-7-16(17)27-11-13-2-5-15(20)6-3-13/h2-7,10H,8-9,11-12H2,1H3,(H,21,24)(H,22,23). The van der Waals surface area contributed by atoms with Gasteiger partial charge in [-0.15, -0.1) is 0 Å². The second-order valence-electron chi connectivity index (χ2n) is 5.48. The van der Waals surface area contributed by atoms with Crippen molar-refractivity contribution in [1.82, 2.24) is 5.32 Å². The summed E-state index contributed by atoms with van der Waals surface area (Å²) in [6.45, 7) is 0.240. The van der Waals surface area contributed by atoms with Gasteiger partial charge in [-0.25, -0.2) is 4.79 Å². The van der Waals surface area contributed by atoms with E-state index in [4.69, 9.17) is 30.9 Å². The molecule has 2 aromatic carbocycles. The van der Waals surface area contributed by atoms with Gasteiger partial charge in [0.05, 0.1) is 13.7 Å². The molecule has 0 unspecified atom stereocenters. The average molecular weight is 394 g/mol. The first-order valence-electron chi connectivity index (χ1n) is 8.12. The number of aliphatic carboxylic acids is 1. The van der Waals surface area contributed by atoms with E-state index >= 15 is 0 Å². The van der Waals surface area contributed by atoms with E-state index in [-0.39, 0.29) is 19.1 Å². The minimum Gasteiger partial charge on any atom is -0.493 e. The fourth-order valence-corrected chi connectivity index (χ4v) is 2.29. The van der Waals surface area contributed by atoms with Crippen LogP contribution in [0.5, 0.6) is 11.5 Å². The van der Waals surface area contributed by atoms with E-state index in [1.54, 1.807) is 30.3 Å². The van der Waals surface area contributed by atoms with Crippen molar-refractivity contribution in [2.75, 3.05) is 26.9 Å². The van der Waals surface area contributed by atoms with E-state index in [0.717, 1.165) is 5.56 Å². The number of amides is 1. The number of ether oxygens (including phenoxy) is 3. The number of carboxylic acids is 1. The molecule has 0 atom stereocenters. The summed E-state index contributed by atoms with van der Waals surface area (Å²) in [5.74, 6) is -0.440. The van der Waals surface area contributed by atoms with Gasteiger partial charge in [0.2, 0.25) is 0 Å². The summed E-state index contributed by atoms with van der Waals surface area (Å²) in [4.78, 5) is 22.5. The summed E-state index contributed by atoms with van der Waals surface area (Å²) < 4.78 is 15.9. The molecule has 144 valence electrons.